The van der Waals surface area contributed by atoms with Gasteiger partial charge in [-0.25, -0.2) is 22.6 Å². The second-order valence-electron chi connectivity index (χ2n) is 10.6. The Bertz CT molecular complexity index is 1600. The van der Waals surface area contributed by atoms with Gasteiger partial charge in [-0.05, 0) is 80.5 Å². The number of benzene rings is 1. The van der Waals surface area contributed by atoms with Gasteiger partial charge in [-0.1, -0.05) is 5.57 Å². The standard InChI is InChI=1S/C28H27FN6O2S2/c1-33-12-10-25(32-33)39(37)35(22-8-9-22)23-5-2-19-14-24-18(17-31-34(24)21-6-3-20(29)4-7-21)15-28(19,16-23)26(36)27-30-11-13-38-27/h3-4,6-7,10-14,17,22-23H,2,5,8-9,15-16H2,1H3. The summed E-state index contributed by atoms with van der Waals surface area (Å²) in [5.41, 5.74) is 2.94. The Morgan fingerprint density at radius 2 is 2.00 bits per heavy atom. The van der Waals surface area contributed by atoms with Crippen LogP contribution >= 0.6 is 11.3 Å². The van der Waals surface area contributed by atoms with E-state index in [1.807, 2.05) is 35.6 Å². The molecular formula is C28H27FN6O2S2. The molecule has 11 heteroatoms. The maximum absolute atomic E-state index is 14.3. The summed E-state index contributed by atoms with van der Waals surface area (Å²) in [6, 6.07) is 8.28. The summed E-state index contributed by atoms with van der Waals surface area (Å²) in [6.45, 7) is 0. The molecule has 3 aromatic heterocycles. The Morgan fingerprint density at radius 1 is 1.18 bits per heavy atom. The summed E-state index contributed by atoms with van der Waals surface area (Å²) in [4.78, 5) is 18.7. The average Bonchev–Trinajstić information content (AvgIpc) is 3.30. The Labute approximate surface area is 231 Å². The molecule has 2 fully saturated rings. The molecule has 3 aliphatic rings. The van der Waals surface area contributed by atoms with Gasteiger partial charge in [0.05, 0.1) is 23.0 Å². The minimum Gasteiger partial charge on any atom is -0.290 e. The van der Waals surface area contributed by atoms with Crippen molar-refractivity contribution in [3.05, 3.63) is 82.0 Å². The van der Waals surface area contributed by atoms with Crippen molar-refractivity contribution < 1.29 is 13.4 Å². The highest BCUT2D eigenvalue weighted by molar-refractivity contribution is 7.82. The Hall–Kier alpha value is -3.28. The van der Waals surface area contributed by atoms with Crippen molar-refractivity contribution in [3.63, 3.8) is 0 Å². The number of hydrogen-bond acceptors (Lipinski definition) is 6. The van der Waals surface area contributed by atoms with Crippen molar-refractivity contribution >= 4 is 34.2 Å². The van der Waals surface area contributed by atoms with Gasteiger partial charge in [0.1, 0.15) is 16.8 Å². The van der Waals surface area contributed by atoms with Crippen LogP contribution in [-0.2, 0) is 24.5 Å². The highest BCUT2D eigenvalue weighted by Crippen LogP contribution is 2.52. The van der Waals surface area contributed by atoms with Gasteiger partial charge < -0.3 is 0 Å². The fourth-order valence-electron chi connectivity index (χ4n) is 6.12. The van der Waals surface area contributed by atoms with E-state index in [9.17, 15) is 13.4 Å². The van der Waals surface area contributed by atoms with Gasteiger partial charge in [0.25, 0.3) is 0 Å². The molecule has 0 radical (unpaired) electrons. The molecule has 4 aromatic rings. The first kappa shape index (κ1) is 24.7. The minimum atomic E-state index is -1.40. The smallest absolute Gasteiger partial charge is 0.201 e. The predicted molar refractivity (Wildman–Crippen MR) is 146 cm³/mol. The van der Waals surface area contributed by atoms with E-state index in [1.165, 1.54) is 23.5 Å². The Morgan fingerprint density at radius 3 is 2.69 bits per heavy atom. The third-order valence-corrected chi connectivity index (χ3v) is 10.4. The molecule has 2 saturated carbocycles. The van der Waals surface area contributed by atoms with E-state index < -0.39 is 16.4 Å². The molecule has 3 atom stereocenters. The largest absolute Gasteiger partial charge is 0.290 e. The van der Waals surface area contributed by atoms with E-state index in [0.29, 0.717) is 29.3 Å². The van der Waals surface area contributed by atoms with Crippen molar-refractivity contribution in [1.82, 2.24) is 28.9 Å². The minimum absolute atomic E-state index is 0.0213. The molecule has 8 nitrogen and oxygen atoms in total. The van der Waals surface area contributed by atoms with Crippen molar-refractivity contribution in [2.45, 2.75) is 55.6 Å². The first-order valence-electron chi connectivity index (χ1n) is 13.1. The fourth-order valence-corrected chi connectivity index (χ4v) is 8.32. The van der Waals surface area contributed by atoms with Crippen LogP contribution in [0.25, 0.3) is 11.8 Å². The Balaban J connectivity index is 1.29. The molecule has 0 aliphatic heterocycles. The van der Waals surface area contributed by atoms with Crippen molar-refractivity contribution in [1.29, 1.82) is 0 Å². The molecule has 0 bridgehead atoms. The first-order chi connectivity index (χ1) is 18.9. The van der Waals surface area contributed by atoms with Gasteiger partial charge in [-0.15, -0.1) is 11.3 Å². The summed E-state index contributed by atoms with van der Waals surface area (Å²) in [6.07, 6.45) is 12.0. The van der Waals surface area contributed by atoms with Crippen LogP contribution in [0.1, 0.15) is 53.2 Å². The lowest BCUT2D eigenvalue weighted by atomic mass is 9.61. The zero-order valence-corrected chi connectivity index (χ0v) is 23.0. The van der Waals surface area contributed by atoms with Crippen molar-refractivity contribution in [3.8, 4) is 5.69 Å². The normalized spacial score (nSPS) is 23.3. The second kappa shape index (κ2) is 9.42. The number of aromatic nitrogens is 5. The number of nitrogens with zero attached hydrogens (tertiary/aromatic N) is 6. The number of halogens is 1. The summed E-state index contributed by atoms with van der Waals surface area (Å²) in [7, 11) is 0.423. The number of carbonyl (C=O) groups excluding carboxylic acids is 1. The van der Waals surface area contributed by atoms with Crippen LogP contribution in [0.2, 0.25) is 0 Å². The van der Waals surface area contributed by atoms with E-state index in [0.717, 1.165) is 41.8 Å². The van der Waals surface area contributed by atoms with Gasteiger partial charge in [0.2, 0.25) is 5.78 Å². The average molecular weight is 563 g/mol. The SMILES string of the molecule is Cn1ccc(S(=O)N(C2CC2)C2CCC3=Cc4c(cnn4-c4ccc(F)cc4)CC3(C(=O)c3nccs3)C2)n1. The molecule has 0 spiro atoms. The van der Waals surface area contributed by atoms with Crippen LogP contribution in [0.15, 0.2) is 64.9 Å². The zero-order chi connectivity index (χ0) is 26.7. The van der Waals surface area contributed by atoms with Gasteiger partial charge in [-0.2, -0.15) is 10.2 Å². The topological polar surface area (TPSA) is 85.9 Å². The lowest BCUT2D eigenvalue weighted by Crippen LogP contribution is -2.50. The Kier molecular flexibility index (Phi) is 5.98. The predicted octanol–water partition coefficient (Wildman–Crippen LogP) is 4.75. The van der Waals surface area contributed by atoms with E-state index in [4.69, 9.17) is 0 Å². The molecule has 39 heavy (non-hydrogen) atoms. The number of aryl methyl sites for hydroxylation is 1. The third-order valence-electron chi connectivity index (χ3n) is 8.09. The maximum atomic E-state index is 14.3. The third kappa shape index (κ3) is 4.23. The molecule has 200 valence electrons. The number of rotatable bonds is 7. The van der Waals surface area contributed by atoms with Crippen LogP contribution in [0, 0.1) is 11.2 Å². The van der Waals surface area contributed by atoms with Gasteiger partial charge in [-0.3, -0.25) is 9.48 Å². The number of ketones is 1. The summed E-state index contributed by atoms with van der Waals surface area (Å²) in [5.74, 6) is -0.277. The highest BCUT2D eigenvalue weighted by Gasteiger charge is 2.53. The number of allylic oxidation sites excluding steroid dienone is 1. The molecule has 3 heterocycles. The second-order valence-corrected chi connectivity index (χ2v) is 12.8. The quantitative estimate of drug-likeness (QED) is 0.304. The lowest BCUT2D eigenvalue weighted by Gasteiger charge is -2.46. The van der Waals surface area contributed by atoms with Gasteiger partial charge in [0, 0.05) is 36.9 Å². The molecular weight excluding hydrogens is 535 g/mol. The van der Waals surface area contributed by atoms with E-state index >= 15 is 0 Å². The molecule has 7 rings (SSSR count). The number of carbonyl (C=O) groups is 1. The van der Waals surface area contributed by atoms with Crippen LogP contribution in [0.4, 0.5) is 4.39 Å². The number of thiazole rings is 1. The summed E-state index contributed by atoms with van der Waals surface area (Å²) in [5, 5.41) is 11.9. The van der Waals surface area contributed by atoms with Gasteiger partial charge in [0.15, 0.2) is 10.0 Å². The monoisotopic (exact) mass is 562 g/mol. The summed E-state index contributed by atoms with van der Waals surface area (Å²) < 4.78 is 33.0. The molecule has 0 N–H and O–H groups in total. The van der Waals surface area contributed by atoms with Gasteiger partial charge >= 0.3 is 0 Å². The molecule has 1 aromatic carbocycles. The molecule has 3 aliphatic carbocycles. The molecule has 0 saturated heterocycles. The number of Topliss-reactive ketones (excluding diaryl/α,β-unsaturated/α-hetero) is 1. The van der Waals surface area contributed by atoms with Crippen LogP contribution in [0.3, 0.4) is 0 Å². The van der Waals surface area contributed by atoms with Crippen LogP contribution in [-0.4, -0.2) is 50.9 Å². The van der Waals surface area contributed by atoms with Crippen LogP contribution < -0.4 is 0 Å². The van der Waals surface area contributed by atoms with Crippen molar-refractivity contribution in [2.75, 3.05) is 0 Å². The van der Waals surface area contributed by atoms with Crippen LogP contribution in [0.5, 0.6) is 0 Å². The molecule has 0 amide bonds. The maximum Gasteiger partial charge on any atom is 0.201 e. The fraction of sp³-hybridized carbons (Fsp3) is 0.357. The van der Waals surface area contributed by atoms with E-state index in [2.05, 4.69) is 25.6 Å². The highest BCUT2D eigenvalue weighted by atomic mass is 32.2. The zero-order valence-electron chi connectivity index (χ0n) is 21.4. The first-order valence-corrected chi connectivity index (χ1v) is 15.1. The number of hydrogen-bond donors (Lipinski definition) is 0. The van der Waals surface area contributed by atoms with E-state index in [-0.39, 0.29) is 23.7 Å². The summed E-state index contributed by atoms with van der Waals surface area (Å²) >= 11 is 1.36. The lowest BCUT2D eigenvalue weighted by molar-refractivity contribution is 0.0742. The molecule has 3 unspecified atom stereocenters. The van der Waals surface area contributed by atoms with E-state index in [1.54, 1.807) is 23.0 Å². The number of fused-ring (bicyclic) bond motifs is 2. The van der Waals surface area contributed by atoms with Crippen molar-refractivity contribution in [2.24, 2.45) is 12.5 Å².